The van der Waals surface area contributed by atoms with Crippen LogP contribution < -0.4 is 15.2 Å². The van der Waals surface area contributed by atoms with Gasteiger partial charge < -0.3 is 20.1 Å². The van der Waals surface area contributed by atoms with Crippen molar-refractivity contribution in [2.45, 2.75) is 19.9 Å². The Morgan fingerprint density at radius 3 is 2.89 bits per heavy atom. The van der Waals surface area contributed by atoms with Crippen molar-refractivity contribution in [3.63, 3.8) is 0 Å². The van der Waals surface area contributed by atoms with E-state index in [1.807, 2.05) is 25.1 Å². The molecule has 1 amide bonds. The van der Waals surface area contributed by atoms with E-state index < -0.39 is 0 Å². The van der Waals surface area contributed by atoms with Gasteiger partial charge in [0.15, 0.2) is 11.5 Å². The zero-order valence-electron chi connectivity index (χ0n) is 11.4. The zero-order valence-corrected chi connectivity index (χ0v) is 11.4. The lowest BCUT2D eigenvalue weighted by molar-refractivity contribution is -0.134. The SMILES string of the molecule is CC(CCN)C(=O)N(C)Cc1ccc2c(c1)OCO2. The molecule has 1 heterocycles. The van der Waals surface area contributed by atoms with Crippen molar-refractivity contribution in [1.29, 1.82) is 0 Å². The largest absolute Gasteiger partial charge is 0.454 e. The van der Waals surface area contributed by atoms with Gasteiger partial charge in [-0.25, -0.2) is 0 Å². The second-order valence-corrected chi connectivity index (χ2v) is 4.86. The summed E-state index contributed by atoms with van der Waals surface area (Å²) in [5.74, 6) is 1.58. The van der Waals surface area contributed by atoms with Crippen LogP contribution in [0.2, 0.25) is 0 Å². The molecular formula is C14H20N2O3. The van der Waals surface area contributed by atoms with Crippen LogP contribution in [0.1, 0.15) is 18.9 Å². The summed E-state index contributed by atoms with van der Waals surface area (Å²) in [5.41, 5.74) is 6.51. The number of rotatable bonds is 5. The van der Waals surface area contributed by atoms with Crippen LogP contribution in [0, 0.1) is 5.92 Å². The molecule has 104 valence electrons. The molecule has 0 radical (unpaired) electrons. The van der Waals surface area contributed by atoms with Crippen molar-refractivity contribution in [2.75, 3.05) is 20.4 Å². The number of benzene rings is 1. The summed E-state index contributed by atoms with van der Waals surface area (Å²) in [6.07, 6.45) is 0.713. The first-order valence-corrected chi connectivity index (χ1v) is 6.45. The Kier molecular flexibility index (Phi) is 4.27. The minimum absolute atomic E-state index is 0.0380. The average molecular weight is 264 g/mol. The maximum absolute atomic E-state index is 12.1. The van der Waals surface area contributed by atoms with Crippen LogP contribution in [0.25, 0.3) is 0 Å². The third kappa shape index (κ3) is 3.17. The van der Waals surface area contributed by atoms with Gasteiger partial charge in [-0.2, -0.15) is 0 Å². The van der Waals surface area contributed by atoms with E-state index in [1.54, 1.807) is 11.9 Å². The number of fused-ring (bicyclic) bond motifs is 1. The molecule has 1 unspecified atom stereocenters. The lowest BCUT2D eigenvalue weighted by Gasteiger charge is -2.21. The van der Waals surface area contributed by atoms with Crippen molar-refractivity contribution < 1.29 is 14.3 Å². The molecular weight excluding hydrogens is 244 g/mol. The topological polar surface area (TPSA) is 64.8 Å². The van der Waals surface area contributed by atoms with Crippen molar-refractivity contribution in [3.05, 3.63) is 23.8 Å². The highest BCUT2D eigenvalue weighted by molar-refractivity contribution is 5.78. The van der Waals surface area contributed by atoms with Crippen LogP contribution in [-0.2, 0) is 11.3 Å². The molecule has 0 aromatic heterocycles. The predicted molar refractivity (Wildman–Crippen MR) is 71.9 cm³/mol. The number of nitrogens with zero attached hydrogens (tertiary/aromatic N) is 1. The summed E-state index contributed by atoms with van der Waals surface area (Å²) in [7, 11) is 1.81. The van der Waals surface area contributed by atoms with E-state index in [0.29, 0.717) is 19.5 Å². The fourth-order valence-electron chi connectivity index (χ4n) is 2.14. The van der Waals surface area contributed by atoms with Crippen molar-refractivity contribution in [1.82, 2.24) is 4.90 Å². The summed E-state index contributed by atoms with van der Waals surface area (Å²) in [6.45, 7) is 3.27. The fraction of sp³-hybridized carbons (Fsp3) is 0.500. The number of hydrogen-bond acceptors (Lipinski definition) is 4. The molecule has 1 aromatic carbocycles. The third-order valence-electron chi connectivity index (χ3n) is 3.25. The molecule has 0 spiro atoms. The summed E-state index contributed by atoms with van der Waals surface area (Å²) >= 11 is 0. The first kappa shape index (κ1) is 13.7. The van der Waals surface area contributed by atoms with E-state index in [1.165, 1.54) is 0 Å². The summed E-state index contributed by atoms with van der Waals surface area (Å²) in [5, 5.41) is 0. The van der Waals surface area contributed by atoms with Gasteiger partial charge in [-0.3, -0.25) is 4.79 Å². The van der Waals surface area contributed by atoms with Crippen molar-refractivity contribution in [3.8, 4) is 11.5 Å². The van der Waals surface area contributed by atoms with Gasteiger partial charge in [0.25, 0.3) is 0 Å². The minimum Gasteiger partial charge on any atom is -0.454 e. The number of carbonyl (C=O) groups is 1. The van der Waals surface area contributed by atoms with Gasteiger partial charge >= 0.3 is 0 Å². The van der Waals surface area contributed by atoms with E-state index in [-0.39, 0.29) is 18.6 Å². The summed E-state index contributed by atoms with van der Waals surface area (Å²) < 4.78 is 10.6. The lowest BCUT2D eigenvalue weighted by atomic mass is 10.1. The molecule has 0 fully saturated rings. The quantitative estimate of drug-likeness (QED) is 0.872. The molecule has 1 atom stereocenters. The highest BCUT2D eigenvalue weighted by Crippen LogP contribution is 2.32. The Bertz CT molecular complexity index is 462. The molecule has 19 heavy (non-hydrogen) atoms. The smallest absolute Gasteiger partial charge is 0.231 e. The second kappa shape index (κ2) is 5.93. The van der Waals surface area contributed by atoms with Gasteiger partial charge in [0.2, 0.25) is 12.7 Å². The minimum atomic E-state index is -0.0380. The Hall–Kier alpha value is -1.75. The van der Waals surface area contributed by atoms with Crippen LogP contribution in [0.15, 0.2) is 18.2 Å². The van der Waals surface area contributed by atoms with Crippen molar-refractivity contribution in [2.24, 2.45) is 11.7 Å². The number of hydrogen-bond donors (Lipinski definition) is 1. The molecule has 5 nitrogen and oxygen atoms in total. The van der Waals surface area contributed by atoms with Crippen LogP contribution in [0.4, 0.5) is 0 Å². The van der Waals surface area contributed by atoms with E-state index in [4.69, 9.17) is 15.2 Å². The summed E-state index contributed by atoms with van der Waals surface area (Å²) in [4.78, 5) is 13.8. The molecule has 0 aliphatic carbocycles. The van der Waals surface area contributed by atoms with Crippen LogP contribution >= 0.6 is 0 Å². The van der Waals surface area contributed by atoms with Gasteiger partial charge in [0.05, 0.1) is 0 Å². The molecule has 0 saturated carbocycles. The van der Waals surface area contributed by atoms with Crippen molar-refractivity contribution >= 4 is 5.91 Å². The van der Waals surface area contributed by atoms with Crippen LogP contribution in [0.5, 0.6) is 11.5 Å². The van der Waals surface area contributed by atoms with Crippen LogP contribution in [-0.4, -0.2) is 31.2 Å². The fourth-order valence-corrected chi connectivity index (χ4v) is 2.14. The Labute approximate surface area is 113 Å². The molecule has 1 aliphatic heterocycles. The maximum Gasteiger partial charge on any atom is 0.231 e. The van der Waals surface area contributed by atoms with Gasteiger partial charge in [0, 0.05) is 19.5 Å². The predicted octanol–water partition coefficient (Wildman–Crippen LogP) is 1.36. The molecule has 1 aliphatic rings. The number of carbonyl (C=O) groups excluding carboxylic acids is 1. The molecule has 2 N–H and O–H groups in total. The maximum atomic E-state index is 12.1. The normalized spacial score (nSPS) is 14.3. The highest BCUT2D eigenvalue weighted by atomic mass is 16.7. The van der Waals surface area contributed by atoms with Gasteiger partial charge in [-0.05, 0) is 30.7 Å². The van der Waals surface area contributed by atoms with Gasteiger partial charge in [-0.1, -0.05) is 13.0 Å². The zero-order chi connectivity index (χ0) is 13.8. The Morgan fingerprint density at radius 2 is 2.16 bits per heavy atom. The molecule has 5 heteroatoms. The Balaban J connectivity index is 1.98. The molecule has 1 aromatic rings. The van der Waals surface area contributed by atoms with E-state index in [2.05, 4.69) is 0 Å². The first-order chi connectivity index (χ1) is 9.11. The van der Waals surface area contributed by atoms with E-state index in [9.17, 15) is 4.79 Å². The number of nitrogens with two attached hydrogens (primary N) is 1. The first-order valence-electron chi connectivity index (χ1n) is 6.45. The monoisotopic (exact) mass is 264 g/mol. The summed E-state index contributed by atoms with van der Waals surface area (Å²) in [6, 6.07) is 5.74. The molecule has 0 bridgehead atoms. The van der Waals surface area contributed by atoms with E-state index in [0.717, 1.165) is 17.1 Å². The Morgan fingerprint density at radius 1 is 1.42 bits per heavy atom. The molecule has 2 rings (SSSR count). The van der Waals surface area contributed by atoms with Crippen LogP contribution in [0.3, 0.4) is 0 Å². The lowest BCUT2D eigenvalue weighted by Crippen LogP contribution is -2.32. The average Bonchev–Trinajstić information content (AvgIpc) is 2.85. The second-order valence-electron chi connectivity index (χ2n) is 4.86. The third-order valence-corrected chi connectivity index (χ3v) is 3.25. The highest BCUT2D eigenvalue weighted by Gasteiger charge is 2.18. The van der Waals surface area contributed by atoms with Gasteiger partial charge in [0.1, 0.15) is 0 Å². The standard InChI is InChI=1S/C14H20N2O3/c1-10(5-6-15)14(17)16(2)8-11-3-4-12-13(7-11)19-9-18-12/h3-4,7,10H,5-6,8-9,15H2,1-2H3. The number of ether oxygens (including phenoxy) is 2. The molecule has 0 saturated heterocycles. The van der Waals surface area contributed by atoms with E-state index >= 15 is 0 Å². The number of amides is 1. The van der Waals surface area contributed by atoms with Gasteiger partial charge in [-0.15, -0.1) is 0 Å².